The van der Waals surface area contributed by atoms with E-state index in [1.54, 1.807) is 17.4 Å². The molecule has 1 saturated heterocycles. The summed E-state index contributed by atoms with van der Waals surface area (Å²) in [5.41, 5.74) is 0.951. The number of nitrogens with zero attached hydrogens (tertiary/aromatic N) is 2. The van der Waals surface area contributed by atoms with Crippen LogP contribution in [-0.4, -0.2) is 40.0 Å². The van der Waals surface area contributed by atoms with Crippen LogP contribution in [0.1, 0.15) is 12.6 Å². The van der Waals surface area contributed by atoms with Gasteiger partial charge in [0.1, 0.15) is 6.61 Å². The normalized spacial score (nSPS) is 22.8. The van der Waals surface area contributed by atoms with Crippen molar-refractivity contribution in [1.82, 2.24) is 14.9 Å². The Hall–Kier alpha value is -1.36. The van der Waals surface area contributed by atoms with E-state index in [0.717, 1.165) is 5.69 Å². The molecule has 0 aromatic carbocycles. The Morgan fingerprint density at radius 2 is 2.64 bits per heavy atom. The molecule has 0 spiro atoms. The summed E-state index contributed by atoms with van der Waals surface area (Å²) in [5.74, 6) is 0.0395. The van der Waals surface area contributed by atoms with Crippen LogP contribution in [0.5, 0.6) is 0 Å². The van der Waals surface area contributed by atoms with Gasteiger partial charge in [-0.1, -0.05) is 0 Å². The van der Waals surface area contributed by atoms with Gasteiger partial charge < -0.3 is 14.6 Å². The van der Waals surface area contributed by atoms with Crippen molar-refractivity contribution >= 4 is 5.91 Å². The van der Waals surface area contributed by atoms with E-state index >= 15 is 0 Å². The molecule has 1 amide bonds. The SMILES string of the molecule is CC1CN(Cc2cnc[nH]2)C(=O)CO1. The molecule has 76 valence electrons. The van der Waals surface area contributed by atoms with Crippen LogP contribution in [0, 0.1) is 0 Å². The fourth-order valence-corrected chi connectivity index (χ4v) is 1.50. The van der Waals surface area contributed by atoms with Gasteiger partial charge in [-0.2, -0.15) is 0 Å². The van der Waals surface area contributed by atoms with Crippen molar-refractivity contribution in [2.75, 3.05) is 13.2 Å². The van der Waals surface area contributed by atoms with Gasteiger partial charge in [-0.15, -0.1) is 0 Å². The summed E-state index contributed by atoms with van der Waals surface area (Å²) in [6.45, 7) is 3.39. The van der Waals surface area contributed by atoms with Crippen molar-refractivity contribution in [3.8, 4) is 0 Å². The lowest BCUT2D eigenvalue weighted by Gasteiger charge is -2.30. The maximum absolute atomic E-state index is 11.4. The molecule has 1 aliphatic heterocycles. The van der Waals surface area contributed by atoms with Crippen LogP contribution in [0.15, 0.2) is 12.5 Å². The first-order valence-corrected chi connectivity index (χ1v) is 4.62. The summed E-state index contributed by atoms with van der Waals surface area (Å²) in [6.07, 6.45) is 3.47. The standard InChI is InChI=1S/C9H13N3O2/c1-7-3-12(9(13)5-14-7)4-8-2-10-6-11-8/h2,6-7H,3-5H2,1H3,(H,10,11). The number of aromatic amines is 1. The number of nitrogens with one attached hydrogen (secondary N) is 1. The first kappa shape index (κ1) is 9.21. The highest BCUT2D eigenvalue weighted by molar-refractivity contribution is 5.78. The van der Waals surface area contributed by atoms with Gasteiger partial charge in [-0.25, -0.2) is 4.98 Å². The fourth-order valence-electron chi connectivity index (χ4n) is 1.50. The van der Waals surface area contributed by atoms with Gasteiger partial charge in [0.2, 0.25) is 5.91 Å². The third-order valence-electron chi connectivity index (χ3n) is 2.24. The molecule has 1 aromatic rings. The number of ether oxygens (including phenoxy) is 1. The van der Waals surface area contributed by atoms with Crippen molar-refractivity contribution < 1.29 is 9.53 Å². The molecule has 0 aliphatic carbocycles. The molecule has 2 heterocycles. The molecular formula is C9H13N3O2. The van der Waals surface area contributed by atoms with Crippen LogP contribution < -0.4 is 0 Å². The molecule has 1 unspecified atom stereocenters. The lowest BCUT2D eigenvalue weighted by atomic mass is 10.3. The predicted octanol–water partition coefficient (Wildman–Crippen LogP) is 0.157. The number of aromatic nitrogens is 2. The van der Waals surface area contributed by atoms with E-state index in [4.69, 9.17) is 4.74 Å². The van der Waals surface area contributed by atoms with Crippen molar-refractivity contribution in [3.05, 3.63) is 18.2 Å². The number of hydrogen-bond acceptors (Lipinski definition) is 3. The number of amides is 1. The molecule has 1 atom stereocenters. The van der Waals surface area contributed by atoms with Crippen LogP contribution in [0.3, 0.4) is 0 Å². The van der Waals surface area contributed by atoms with Crippen molar-refractivity contribution in [2.45, 2.75) is 19.6 Å². The molecule has 1 aromatic heterocycles. The highest BCUT2D eigenvalue weighted by Crippen LogP contribution is 2.09. The molecule has 5 nitrogen and oxygen atoms in total. The topological polar surface area (TPSA) is 58.2 Å². The largest absolute Gasteiger partial charge is 0.367 e. The maximum atomic E-state index is 11.4. The first-order valence-electron chi connectivity index (χ1n) is 4.62. The van der Waals surface area contributed by atoms with Crippen LogP contribution in [0.4, 0.5) is 0 Å². The summed E-state index contributed by atoms with van der Waals surface area (Å²) < 4.78 is 5.22. The number of morpholine rings is 1. The van der Waals surface area contributed by atoms with Gasteiger partial charge in [0.05, 0.1) is 24.7 Å². The summed E-state index contributed by atoms with van der Waals surface area (Å²) in [4.78, 5) is 20.1. The number of hydrogen-bond donors (Lipinski definition) is 1. The Balaban J connectivity index is 1.99. The van der Waals surface area contributed by atoms with Gasteiger partial charge >= 0.3 is 0 Å². The third-order valence-corrected chi connectivity index (χ3v) is 2.24. The molecule has 0 saturated carbocycles. The number of rotatable bonds is 2. The summed E-state index contributed by atoms with van der Waals surface area (Å²) in [5, 5.41) is 0. The number of carbonyl (C=O) groups excluding carboxylic acids is 1. The molecule has 1 fully saturated rings. The van der Waals surface area contributed by atoms with Crippen LogP contribution in [-0.2, 0) is 16.1 Å². The Morgan fingerprint density at radius 3 is 3.36 bits per heavy atom. The highest BCUT2D eigenvalue weighted by atomic mass is 16.5. The zero-order chi connectivity index (χ0) is 9.97. The second kappa shape index (κ2) is 3.79. The lowest BCUT2D eigenvalue weighted by Crippen LogP contribution is -2.44. The minimum absolute atomic E-state index is 0.0395. The van der Waals surface area contributed by atoms with E-state index < -0.39 is 0 Å². The zero-order valence-electron chi connectivity index (χ0n) is 8.06. The summed E-state index contributed by atoms with van der Waals surface area (Å²) in [7, 11) is 0. The van der Waals surface area contributed by atoms with Gasteiger partial charge in [0.25, 0.3) is 0 Å². The van der Waals surface area contributed by atoms with Gasteiger partial charge in [0.15, 0.2) is 0 Å². The van der Waals surface area contributed by atoms with Gasteiger partial charge in [-0.05, 0) is 6.92 Å². The van der Waals surface area contributed by atoms with Crippen molar-refractivity contribution in [3.63, 3.8) is 0 Å². The Bertz CT molecular complexity index is 310. The molecule has 5 heteroatoms. The van der Waals surface area contributed by atoms with Crippen molar-refractivity contribution in [1.29, 1.82) is 0 Å². The minimum Gasteiger partial charge on any atom is -0.367 e. The maximum Gasteiger partial charge on any atom is 0.249 e. The van der Waals surface area contributed by atoms with Crippen LogP contribution >= 0.6 is 0 Å². The van der Waals surface area contributed by atoms with E-state index in [0.29, 0.717) is 13.1 Å². The number of carbonyl (C=O) groups is 1. The molecule has 1 N–H and O–H groups in total. The average molecular weight is 195 g/mol. The lowest BCUT2D eigenvalue weighted by molar-refractivity contribution is -0.148. The van der Waals surface area contributed by atoms with E-state index in [1.807, 2.05) is 6.92 Å². The molecule has 1 aliphatic rings. The van der Waals surface area contributed by atoms with Crippen molar-refractivity contribution in [2.24, 2.45) is 0 Å². The molecule has 2 rings (SSSR count). The smallest absolute Gasteiger partial charge is 0.249 e. The second-order valence-electron chi connectivity index (χ2n) is 3.47. The van der Waals surface area contributed by atoms with Gasteiger partial charge in [0, 0.05) is 12.7 Å². The predicted molar refractivity (Wildman–Crippen MR) is 49.4 cm³/mol. The first-order chi connectivity index (χ1) is 6.75. The van der Waals surface area contributed by atoms with Crippen LogP contribution in [0.25, 0.3) is 0 Å². The minimum atomic E-state index is 0.0395. The summed E-state index contributed by atoms with van der Waals surface area (Å²) in [6, 6.07) is 0. The van der Waals surface area contributed by atoms with E-state index in [-0.39, 0.29) is 18.6 Å². The highest BCUT2D eigenvalue weighted by Gasteiger charge is 2.23. The Kier molecular flexibility index (Phi) is 2.49. The monoisotopic (exact) mass is 195 g/mol. The molecular weight excluding hydrogens is 182 g/mol. The fraction of sp³-hybridized carbons (Fsp3) is 0.556. The third kappa shape index (κ3) is 1.93. The number of H-pyrrole nitrogens is 1. The zero-order valence-corrected chi connectivity index (χ0v) is 8.06. The quantitative estimate of drug-likeness (QED) is 0.731. The van der Waals surface area contributed by atoms with E-state index in [9.17, 15) is 4.79 Å². The Morgan fingerprint density at radius 1 is 1.79 bits per heavy atom. The molecule has 0 bridgehead atoms. The van der Waals surface area contributed by atoms with E-state index in [2.05, 4.69) is 9.97 Å². The average Bonchev–Trinajstić information content (AvgIpc) is 2.64. The summed E-state index contributed by atoms with van der Waals surface area (Å²) >= 11 is 0. The number of imidazole rings is 1. The second-order valence-corrected chi connectivity index (χ2v) is 3.47. The molecule has 14 heavy (non-hydrogen) atoms. The Labute approximate surface area is 82.1 Å². The van der Waals surface area contributed by atoms with E-state index in [1.165, 1.54) is 0 Å². The molecule has 0 radical (unpaired) electrons. The van der Waals surface area contributed by atoms with Crippen LogP contribution in [0.2, 0.25) is 0 Å². The van der Waals surface area contributed by atoms with Gasteiger partial charge in [-0.3, -0.25) is 4.79 Å².